The zero-order chi connectivity index (χ0) is 27.5. The molecule has 0 N–H and O–H groups in total. The molecule has 6 rings (SSSR count). The number of benzene rings is 5. The lowest BCUT2D eigenvalue weighted by molar-refractivity contribution is 0.587. The summed E-state index contributed by atoms with van der Waals surface area (Å²) < 4.78 is 2.37. The molecule has 0 unspecified atom stereocenters. The number of fused-ring (bicyclic) bond motifs is 3. The molecule has 194 valence electrons. The van der Waals surface area contributed by atoms with Crippen molar-refractivity contribution in [3.05, 3.63) is 123 Å². The van der Waals surface area contributed by atoms with Crippen LogP contribution in [0.4, 0.5) is 0 Å². The van der Waals surface area contributed by atoms with Crippen LogP contribution in [0.15, 0.2) is 97.1 Å². The third-order valence-corrected chi connectivity index (χ3v) is 7.98. The van der Waals surface area contributed by atoms with Gasteiger partial charge in [0, 0.05) is 36.6 Å². The van der Waals surface area contributed by atoms with Gasteiger partial charge in [-0.15, -0.1) is 0 Å². The number of para-hydroxylation sites is 1. The second kappa shape index (κ2) is 9.91. The van der Waals surface area contributed by atoms with Crippen molar-refractivity contribution in [3.8, 4) is 27.9 Å². The molecule has 1 nitrogen and oxygen atoms in total. The van der Waals surface area contributed by atoms with E-state index in [1.165, 1.54) is 11.3 Å². The molecule has 39 heavy (non-hydrogen) atoms. The van der Waals surface area contributed by atoms with Crippen LogP contribution < -0.4 is 0 Å². The summed E-state index contributed by atoms with van der Waals surface area (Å²) in [6, 6.07) is 33.0. The van der Waals surface area contributed by atoms with E-state index in [-0.39, 0.29) is 5.41 Å². The number of rotatable bonds is 3. The van der Waals surface area contributed by atoms with Gasteiger partial charge >= 0.3 is 0 Å². The Balaban J connectivity index is 1.69. The maximum atomic E-state index is 6.36. The second-order valence-electron chi connectivity index (χ2n) is 10.9. The molecule has 1 heterocycles. The van der Waals surface area contributed by atoms with Gasteiger partial charge < -0.3 is 4.57 Å². The van der Waals surface area contributed by atoms with E-state index < -0.39 is 0 Å². The van der Waals surface area contributed by atoms with Gasteiger partial charge in [0.2, 0.25) is 0 Å². The molecular formula is C34H25Cl4N. The van der Waals surface area contributed by atoms with Crippen LogP contribution in [0.5, 0.6) is 0 Å². The van der Waals surface area contributed by atoms with Gasteiger partial charge in [-0.1, -0.05) is 97.5 Å². The molecule has 0 spiro atoms. The van der Waals surface area contributed by atoms with Gasteiger partial charge in [-0.2, -0.15) is 0 Å². The van der Waals surface area contributed by atoms with E-state index in [0.29, 0.717) is 20.1 Å². The molecule has 0 aliphatic rings. The summed E-state index contributed by atoms with van der Waals surface area (Å²) in [6.07, 6.45) is 0. The van der Waals surface area contributed by atoms with E-state index >= 15 is 0 Å². The summed E-state index contributed by atoms with van der Waals surface area (Å²) in [4.78, 5) is 0. The molecule has 0 saturated heterocycles. The van der Waals surface area contributed by atoms with Crippen LogP contribution in [-0.4, -0.2) is 4.57 Å². The Morgan fingerprint density at radius 2 is 0.923 bits per heavy atom. The molecule has 0 fully saturated rings. The van der Waals surface area contributed by atoms with E-state index in [4.69, 9.17) is 46.4 Å². The molecule has 0 bridgehead atoms. The van der Waals surface area contributed by atoms with Crippen molar-refractivity contribution in [2.75, 3.05) is 0 Å². The Labute approximate surface area is 248 Å². The molecular weight excluding hydrogens is 564 g/mol. The summed E-state index contributed by atoms with van der Waals surface area (Å²) in [6.45, 7) is 6.76. The Kier molecular flexibility index (Phi) is 6.68. The third-order valence-electron chi connectivity index (χ3n) is 7.11. The normalized spacial score (nSPS) is 12.0. The van der Waals surface area contributed by atoms with Gasteiger partial charge in [-0.05, 0) is 100.0 Å². The van der Waals surface area contributed by atoms with Crippen molar-refractivity contribution >= 4 is 68.2 Å². The first-order valence-electron chi connectivity index (χ1n) is 12.7. The average molecular weight is 589 g/mol. The molecule has 0 aliphatic heterocycles. The van der Waals surface area contributed by atoms with Gasteiger partial charge in [0.15, 0.2) is 0 Å². The Morgan fingerprint density at radius 3 is 1.36 bits per heavy atom. The van der Waals surface area contributed by atoms with Crippen LogP contribution in [0, 0.1) is 0 Å². The van der Waals surface area contributed by atoms with E-state index in [2.05, 4.69) is 86.0 Å². The average Bonchev–Trinajstić information content (AvgIpc) is 3.20. The van der Waals surface area contributed by atoms with E-state index in [9.17, 15) is 0 Å². The summed E-state index contributed by atoms with van der Waals surface area (Å²) in [5.74, 6) is 0. The topological polar surface area (TPSA) is 4.93 Å². The number of hydrogen-bond donors (Lipinski definition) is 0. The van der Waals surface area contributed by atoms with Crippen LogP contribution in [0.25, 0.3) is 49.7 Å². The SMILES string of the molecule is CC(C)(C)c1ccccc1-n1c2ccc(-c3cc(Cl)cc(Cl)c3)cc2c2cc(-c3cc(Cl)cc(Cl)c3)ccc21. The highest BCUT2D eigenvalue weighted by molar-refractivity contribution is 6.35. The van der Waals surface area contributed by atoms with Crippen molar-refractivity contribution in [1.29, 1.82) is 0 Å². The lowest BCUT2D eigenvalue weighted by atomic mass is 9.85. The summed E-state index contributed by atoms with van der Waals surface area (Å²) in [5.41, 5.74) is 8.71. The van der Waals surface area contributed by atoms with E-state index in [1.54, 1.807) is 12.1 Å². The predicted octanol–water partition coefficient (Wildman–Crippen LogP) is 12.0. The number of aromatic nitrogens is 1. The minimum absolute atomic E-state index is 0.0333. The molecule has 5 heteroatoms. The summed E-state index contributed by atoms with van der Waals surface area (Å²) in [7, 11) is 0. The minimum Gasteiger partial charge on any atom is -0.309 e. The van der Waals surface area contributed by atoms with E-state index in [1.807, 2.05) is 24.3 Å². The maximum Gasteiger partial charge on any atom is 0.0541 e. The third kappa shape index (κ3) is 4.94. The highest BCUT2D eigenvalue weighted by Crippen LogP contribution is 2.40. The van der Waals surface area contributed by atoms with Gasteiger partial charge in [0.25, 0.3) is 0 Å². The molecule has 0 atom stereocenters. The first-order chi connectivity index (χ1) is 18.6. The van der Waals surface area contributed by atoms with Crippen LogP contribution in [0.3, 0.4) is 0 Å². The molecule has 5 aromatic carbocycles. The second-order valence-corrected chi connectivity index (χ2v) is 12.6. The quantitative estimate of drug-likeness (QED) is 0.194. The van der Waals surface area contributed by atoms with Crippen LogP contribution >= 0.6 is 46.4 Å². The highest BCUT2D eigenvalue weighted by Gasteiger charge is 2.22. The van der Waals surface area contributed by atoms with Crippen LogP contribution in [0.1, 0.15) is 26.3 Å². The van der Waals surface area contributed by atoms with E-state index in [0.717, 1.165) is 44.1 Å². The van der Waals surface area contributed by atoms with Gasteiger partial charge in [0.1, 0.15) is 0 Å². The molecule has 0 aliphatic carbocycles. The fourth-order valence-electron chi connectivity index (χ4n) is 5.39. The summed E-state index contributed by atoms with van der Waals surface area (Å²) in [5, 5.41) is 4.71. The molecule has 6 aromatic rings. The zero-order valence-electron chi connectivity index (χ0n) is 21.7. The van der Waals surface area contributed by atoms with Crippen molar-refractivity contribution < 1.29 is 0 Å². The maximum absolute atomic E-state index is 6.36. The van der Waals surface area contributed by atoms with Gasteiger partial charge in [-0.25, -0.2) is 0 Å². The molecule has 0 saturated carbocycles. The molecule has 0 radical (unpaired) electrons. The van der Waals surface area contributed by atoms with Crippen LogP contribution in [0.2, 0.25) is 20.1 Å². The fourth-order valence-corrected chi connectivity index (χ4v) is 6.44. The Hall–Kier alpha value is -2.94. The number of halogens is 4. The van der Waals surface area contributed by atoms with Crippen molar-refractivity contribution in [1.82, 2.24) is 4.57 Å². The Morgan fingerprint density at radius 1 is 0.487 bits per heavy atom. The van der Waals surface area contributed by atoms with Gasteiger partial charge in [-0.3, -0.25) is 0 Å². The molecule has 0 amide bonds. The first kappa shape index (κ1) is 26.3. The predicted molar refractivity (Wildman–Crippen MR) is 170 cm³/mol. The monoisotopic (exact) mass is 587 g/mol. The fraction of sp³-hybridized carbons (Fsp3) is 0.118. The van der Waals surface area contributed by atoms with Crippen molar-refractivity contribution in [3.63, 3.8) is 0 Å². The number of nitrogens with zero attached hydrogens (tertiary/aromatic N) is 1. The first-order valence-corrected chi connectivity index (χ1v) is 14.2. The van der Waals surface area contributed by atoms with Crippen molar-refractivity contribution in [2.24, 2.45) is 0 Å². The Bertz CT molecular complexity index is 1740. The zero-order valence-corrected chi connectivity index (χ0v) is 24.7. The van der Waals surface area contributed by atoms with Gasteiger partial charge in [0.05, 0.1) is 11.0 Å². The summed E-state index contributed by atoms with van der Waals surface area (Å²) >= 11 is 25.4. The highest BCUT2D eigenvalue weighted by atomic mass is 35.5. The van der Waals surface area contributed by atoms with Crippen LogP contribution in [-0.2, 0) is 5.41 Å². The largest absolute Gasteiger partial charge is 0.309 e. The minimum atomic E-state index is -0.0333. The smallest absolute Gasteiger partial charge is 0.0541 e. The lowest BCUT2D eigenvalue weighted by Crippen LogP contribution is -2.15. The molecule has 1 aromatic heterocycles. The van der Waals surface area contributed by atoms with Crippen molar-refractivity contribution in [2.45, 2.75) is 26.2 Å². The lowest BCUT2D eigenvalue weighted by Gasteiger charge is -2.24. The number of hydrogen-bond acceptors (Lipinski definition) is 0. The standard InChI is InChI=1S/C34H25Cl4N/c1-34(2,3)30-6-4-5-7-33(30)39-31-10-8-20(22-12-24(35)18-25(36)13-22)16-28(31)29-17-21(9-11-32(29)39)23-14-26(37)19-27(38)15-23/h4-19H,1-3H3.